The Morgan fingerprint density at radius 1 is 0.864 bits per heavy atom. The first-order valence-electron chi connectivity index (χ1n) is 7.74. The van der Waals surface area contributed by atoms with E-state index in [-0.39, 0.29) is 18.1 Å². The van der Waals surface area contributed by atoms with Crippen LogP contribution in [-0.4, -0.2) is 52.4 Å². The van der Waals surface area contributed by atoms with Crippen molar-refractivity contribution >= 4 is 25.6 Å². The molecule has 0 unspecified atom stereocenters. The highest BCUT2D eigenvalue weighted by Gasteiger charge is 2.31. The second-order valence-corrected chi connectivity index (χ2v) is 9.84. The summed E-state index contributed by atoms with van der Waals surface area (Å²) in [7, 11) is -6.93. The first kappa shape index (κ1) is 21.4. The minimum Gasteiger partial charge on any atom is -0.466 e. The molecule has 0 radical (unpaired) electrons. The summed E-state index contributed by atoms with van der Waals surface area (Å²) in [5.41, 5.74) is 0. The highest BCUT2D eigenvalue weighted by molar-refractivity contribution is 7.92. The molecule has 6 nitrogen and oxygen atoms in total. The Bertz CT molecular complexity index is 482. The van der Waals surface area contributed by atoms with Gasteiger partial charge in [-0.1, -0.05) is 26.7 Å². The van der Waals surface area contributed by atoms with Gasteiger partial charge < -0.3 is 4.74 Å². The lowest BCUT2D eigenvalue weighted by molar-refractivity contribution is -0.146. The van der Waals surface area contributed by atoms with Gasteiger partial charge in [-0.2, -0.15) is 0 Å². The van der Waals surface area contributed by atoms with Gasteiger partial charge in [0.25, 0.3) is 0 Å². The summed E-state index contributed by atoms with van der Waals surface area (Å²) in [5, 5.41) is 0. The summed E-state index contributed by atoms with van der Waals surface area (Å²) in [6, 6.07) is 0. The van der Waals surface area contributed by atoms with Gasteiger partial charge in [-0.25, -0.2) is 16.8 Å². The third kappa shape index (κ3) is 9.40. The molecule has 22 heavy (non-hydrogen) atoms. The van der Waals surface area contributed by atoms with E-state index < -0.39 is 43.1 Å². The molecular weight excluding hydrogens is 328 g/mol. The first-order chi connectivity index (χ1) is 10.2. The number of ether oxygens (including phenoxy) is 1. The van der Waals surface area contributed by atoms with Gasteiger partial charge in [0.2, 0.25) is 0 Å². The Morgan fingerprint density at radius 2 is 1.27 bits per heavy atom. The summed E-state index contributed by atoms with van der Waals surface area (Å²) >= 11 is 0. The lowest BCUT2D eigenvalue weighted by Crippen LogP contribution is -2.33. The Labute approximate surface area is 134 Å². The van der Waals surface area contributed by atoms with E-state index in [1.807, 2.05) is 13.8 Å². The Kier molecular flexibility index (Phi) is 9.91. The molecule has 0 heterocycles. The van der Waals surface area contributed by atoms with E-state index in [1.54, 1.807) is 6.92 Å². The maximum atomic E-state index is 12.0. The molecule has 0 aliphatic carbocycles. The molecule has 8 heteroatoms. The third-order valence-corrected chi connectivity index (χ3v) is 6.79. The van der Waals surface area contributed by atoms with Crippen LogP contribution in [0.1, 0.15) is 46.5 Å². The normalized spacial score (nSPS) is 12.5. The van der Waals surface area contributed by atoms with Crippen molar-refractivity contribution in [2.75, 3.05) is 29.6 Å². The fraction of sp³-hybridized carbons (Fsp3) is 0.929. The molecule has 0 rings (SSSR count). The van der Waals surface area contributed by atoms with Crippen LogP contribution in [-0.2, 0) is 29.2 Å². The molecule has 0 aliphatic heterocycles. The van der Waals surface area contributed by atoms with E-state index in [9.17, 15) is 21.6 Å². The molecule has 0 saturated carbocycles. The van der Waals surface area contributed by atoms with Crippen LogP contribution in [0, 0.1) is 5.92 Å². The van der Waals surface area contributed by atoms with E-state index in [0.717, 1.165) is 12.8 Å². The minimum absolute atomic E-state index is 0.0333. The lowest BCUT2D eigenvalue weighted by Gasteiger charge is -2.16. The molecule has 0 amide bonds. The van der Waals surface area contributed by atoms with Gasteiger partial charge >= 0.3 is 5.97 Å². The Hall–Kier alpha value is -0.630. The predicted octanol–water partition coefficient (Wildman–Crippen LogP) is 1.60. The van der Waals surface area contributed by atoms with Crippen molar-refractivity contribution in [1.29, 1.82) is 0 Å². The summed E-state index contributed by atoms with van der Waals surface area (Å²) in [6.45, 7) is 5.44. The van der Waals surface area contributed by atoms with E-state index in [4.69, 9.17) is 4.74 Å². The smallest absolute Gasteiger partial charge is 0.310 e. The predicted molar refractivity (Wildman–Crippen MR) is 87.2 cm³/mol. The maximum Gasteiger partial charge on any atom is 0.310 e. The van der Waals surface area contributed by atoms with Crippen molar-refractivity contribution in [3.63, 3.8) is 0 Å². The average Bonchev–Trinajstić information content (AvgIpc) is 2.42. The van der Waals surface area contributed by atoms with Crippen LogP contribution in [0.25, 0.3) is 0 Å². The molecule has 0 aliphatic rings. The zero-order chi connectivity index (χ0) is 17.2. The lowest BCUT2D eigenvalue weighted by atomic mass is 10.2. The zero-order valence-corrected chi connectivity index (χ0v) is 15.3. The second-order valence-electron chi connectivity index (χ2n) is 5.38. The number of unbranched alkanes of at least 4 members (excludes halogenated alkanes) is 2. The molecule has 0 fully saturated rings. The van der Waals surface area contributed by atoms with Crippen LogP contribution in [0.15, 0.2) is 0 Å². The van der Waals surface area contributed by atoms with Gasteiger partial charge in [-0.3, -0.25) is 4.79 Å². The topological polar surface area (TPSA) is 94.6 Å². The van der Waals surface area contributed by atoms with E-state index in [0.29, 0.717) is 12.8 Å². The van der Waals surface area contributed by atoms with Crippen molar-refractivity contribution in [2.24, 2.45) is 5.92 Å². The highest BCUT2D eigenvalue weighted by atomic mass is 32.2. The van der Waals surface area contributed by atoms with E-state index >= 15 is 0 Å². The van der Waals surface area contributed by atoms with Crippen LogP contribution in [0.2, 0.25) is 0 Å². The van der Waals surface area contributed by atoms with Crippen molar-refractivity contribution in [3.8, 4) is 0 Å². The van der Waals surface area contributed by atoms with Crippen molar-refractivity contribution < 1.29 is 26.4 Å². The van der Waals surface area contributed by atoms with Crippen molar-refractivity contribution in [2.45, 2.75) is 46.5 Å². The summed E-state index contributed by atoms with van der Waals surface area (Å²) in [4.78, 5) is 11.9. The number of sulfone groups is 2. The van der Waals surface area contributed by atoms with Crippen LogP contribution in [0.5, 0.6) is 0 Å². The summed E-state index contributed by atoms with van der Waals surface area (Å²) in [6.07, 6.45) is 2.44. The number of hydrogen-bond acceptors (Lipinski definition) is 6. The Morgan fingerprint density at radius 3 is 1.59 bits per heavy atom. The number of rotatable bonds is 12. The first-order valence-corrected chi connectivity index (χ1v) is 11.4. The molecular formula is C14H28O6S2. The molecule has 0 aromatic heterocycles. The van der Waals surface area contributed by atoms with E-state index in [1.165, 1.54) is 0 Å². The second kappa shape index (κ2) is 10.2. The maximum absolute atomic E-state index is 12.0. The van der Waals surface area contributed by atoms with Crippen LogP contribution in [0.4, 0.5) is 0 Å². The summed E-state index contributed by atoms with van der Waals surface area (Å²) < 4.78 is 52.9. The molecule has 0 atom stereocenters. The van der Waals surface area contributed by atoms with Crippen LogP contribution in [0.3, 0.4) is 0 Å². The fourth-order valence-corrected chi connectivity index (χ4v) is 5.63. The highest BCUT2D eigenvalue weighted by Crippen LogP contribution is 2.12. The van der Waals surface area contributed by atoms with Gasteiger partial charge in [0.1, 0.15) is 0 Å². The fourth-order valence-electron chi connectivity index (χ4n) is 1.95. The van der Waals surface area contributed by atoms with Gasteiger partial charge in [-0.15, -0.1) is 0 Å². The molecule has 0 aromatic carbocycles. The van der Waals surface area contributed by atoms with Crippen LogP contribution >= 0.6 is 0 Å². The van der Waals surface area contributed by atoms with E-state index in [2.05, 4.69) is 0 Å². The van der Waals surface area contributed by atoms with Crippen molar-refractivity contribution in [3.05, 3.63) is 0 Å². The standard InChI is InChI=1S/C14H28O6S2/c1-4-7-9-21(16,17)11-13(14(15)20-6-3)12-22(18,19)10-8-5-2/h13H,4-12H2,1-3H3. The van der Waals surface area contributed by atoms with Crippen molar-refractivity contribution in [1.82, 2.24) is 0 Å². The molecule has 0 aromatic rings. The molecule has 0 spiro atoms. The van der Waals surface area contributed by atoms with Gasteiger partial charge in [-0.05, 0) is 19.8 Å². The number of carbonyl (C=O) groups excluding carboxylic acids is 1. The number of carbonyl (C=O) groups is 1. The van der Waals surface area contributed by atoms with Gasteiger partial charge in [0.15, 0.2) is 19.7 Å². The van der Waals surface area contributed by atoms with Gasteiger partial charge in [0, 0.05) is 0 Å². The number of esters is 1. The number of hydrogen-bond donors (Lipinski definition) is 0. The minimum atomic E-state index is -3.46. The molecule has 0 N–H and O–H groups in total. The third-order valence-electron chi connectivity index (χ3n) is 3.15. The summed E-state index contributed by atoms with van der Waals surface area (Å²) in [5.74, 6) is -2.87. The monoisotopic (exact) mass is 356 g/mol. The molecule has 0 saturated heterocycles. The largest absolute Gasteiger partial charge is 0.466 e. The van der Waals surface area contributed by atoms with Crippen LogP contribution < -0.4 is 0 Å². The molecule has 0 bridgehead atoms. The molecule has 132 valence electrons. The van der Waals surface area contributed by atoms with Gasteiger partial charge in [0.05, 0.1) is 35.5 Å². The SMILES string of the molecule is CCCCS(=O)(=O)CC(CS(=O)(=O)CCCC)C(=O)OCC. The average molecular weight is 357 g/mol. The zero-order valence-electron chi connectivity index (χ0n) is 13.7. The quantitative estimate of drug-likeness (QED) is 0.493. The Balaban J connectivity index is 5.02.